The quantitative estimate of drug-likeness (QED) is 0.759. The molecule has 0 aliphatic rings. The largest absolute Gasteiger partial charge is 0.459 e. The average Bonchev–Trinajstić information content (AvgIpc) is 3.04. The van der Waals surface area contributed by atoms with E-state index in [1.807, 2.05) is 13.0 Å². The van der Waals surface area contributed by atoms with Crippen molar-refractivity contribution in [2.75, 3.05) is 6.54 Å². The number of thiazole rings is 1. The molecule has 3 aromatic rings. The predicted molar refractivity (Wildman–Crippen MR) is 87.9 cm³/mol. The topological polar surface area (TPSA) is 38.1 Å². The minimum atomic E-state index is 0.174. The van der Waals surface area contributed by atoms with Gasteiger partial charge in [0.25, 0.3) is 0 Å². The van der Waals surface area contributed by atoms with Gasteiger partial charge in [0.1, 0.15) is 11.3 Å². The molecular formula is C17H20N2OS. The number of furan rings is 1. The lowest BCUT2D eigenvalue weighted by Crippen LogP contribution is -2.22. The summed E-state index contributed by atoms with van der Waals surface area (Å²) in [6.45, 7) is 7.16. The van der Waals surface area contributed by atoms with E-state index >= 15 is 0 Å². The van der Waals surface area contributed by atoms with Crippen LogP contribution in [0, 0.1) is 13.8 Å². The Labute approximate surface area is 129 Å². The highest BCUT2D eigenvalue weighted by Gasteiger charge is 2.17. The zero-order valence-corrected chi connectivity index (χ0v) is 13.5. The van der Waals surface area contributed by atoms with Crippen LogP contribution in [0.15, 0.2) is 34.1 Å². The van der Waals surface area contributed by atoms with E-state index in [9.17, 15) is 0 Å². The van der Waals surface area contributed by atoms with E-state index in [0.29, 0.717) is 0 Å². The lowest BCUT2D eigenvalue weighted by atomic mass is 10.1. The predicted octanol–water partition coefficient (Wildman–Crippen LogP) is 4.40. The summed E-state index contributed by atoms with van der Waals surface area (Å²) in [6.07, 6.45) is 0.866. The van der Waals surface area contributed by atoms with Gasteiger partial charge in [-0.15, -0.1) is 11.3 Å². The van der Waals surface area contributed by atoms with Crippen LogP contribution in [0.25, 0.3) is 11.0 Å². The van der Waals surface area contributed by atoms with Crippen LogP contribution >= 0.6 is 11.3 Å². The van der Waals surface area contributed by atoms with Gasteiger partial charge >= 0.3 is 0 Å². The lowest BCUT2D eigenvalue weighted by molar-refractivity contribution is 0.434. The molecule has 1 aromatic carbocycles. The van der Waals surface area contributed by atoms with E-state index in [4.69, 9.17) is 4.42 Å². The van der Waals surface area contributed by atoms with E-state index in [0.717, 1.165) is 35.0 Å². The summed E-state index contributed by atoms with van der Waals surface area (Å²) in [4.78, 5) is 4.56. The first-order chi connectivity index (χ1) is 10.2. The summed E-state index contributed by atoms with van der Waals surface area (Å²) >= 11 is 1.71. The van der Waals surface area contributed by atoms with E-state index < -0.39 is 0 Å². The van der Waals surface area contributed by atoms with Crippen molar-refractivity contribution in [3.8, 4) is 0 Å². The van der Waals surface area contributed by atoms with Gasteiger partial charge < -0.3 is 9.73 Å². The molecule has 1 atom stereocenters. The minimum Gasteiger partial charge on any atom is -0.459 e. The van der Waals surface area contributed by atoms with Crippen LogP contribution in [0.1, 0.15) is 35.0 Å². The Kier molecular flexibility index (Phi) is 4.08. The molecule has 0 spiro atoms. The SMILES string of the molecule is CCNC(Cc1nc(C)cs1)c1cc2cc(C)ccc2o1. The third-order valence-corrected chi connectivity index (χ3v) is 4.52. The summed E-state index contributed by atoms with van der Waals surface area (Å²) in [5.41, 5.74) is 3.30. The second-order valence-electron chi connectivity index (χ2n) is 5.39. The summed E-state index contributed by atoms with van der Waals surface area (Å²) in [6, 6.07) is 8.62. The molecule has 0 aliphatic heterocycles. The molecule has 0 amide bonds. The normalized spacial score (nSPS) is 12.9. The molecule has 1 N–H and O–H groups in total. The average molecular weight is 300 g/mol. The number of rotatable bonds is 5. The van der Waals surface area contributed by atoms with Gasteiger partial charge in [0, 0.05) is 22.9 Å². The minimum absolute atomic E-state index is 0.174. The van der Waals surface area contributed by atoms with Gasteiger partial charge in [-0.2, -0.15) is 0 Å². The first kappa shape index (κ1) is 14.3. The molecule has 0 saturated carbocycles. The number of aryl methyl sites for hydroxylation is 2. The molecule has 0 fully saturated rings. The van der Waals surface area contributed by atoms with Gasteiger partial charge in [-0.3, -0.25) is 0 Å². The zero-order valence-electron chi connectivity index (χ0n) is 12.6. The number of hydrogen-bond acceptors (Lipinski definition) is 4. The van der Waals surface area contributed by atoms with E-state index in [1.54, 1.807) is 11.3 Å². The maximum atomic E-state index is 6.03. The summed E-state index contributed by atoms with van der Waals surface area (Å²) in [5, 5.41) is 7.92. The number of nitrogens with one attached hydrogen (secondary N) is 1. The Hall–Kier alpha value is -1.65. The molecule has 0 aliphatic carbocycles. The Morgan fingerprint density at radius 1 is 1.29 bits per heavy atom. The molecule has 21 heavy (non-hydrogen) atoms. The van der Waals surface area contributed by atoms with Gasteiger partial charge in [-0.1, -0.05) is 18.6 Å². The highest BCUT2D eigenvalue weighted by Crippen LogP contribution is 2.27. The fraction of sp³-hybridized carbons (Fsp3) is 0.353. The molecule has 2 heterocycles. The molecule has 3 nitrogen and oxygen atoms in total. The third-order valence-electron chi connectivity index (χ3n) is 3.53. The highest BCUT2D eigenvalue weighted by molar-refractivity contribution is 7.09. The number of aromatic nitrogens is 1. The van der Waals surface area contributed by atoms with Crippen LogP contribution in [0.4, 0.5) is 0 Å². The van der Waals surface area contributed by atoms with Crippen molar-refractivity contribution in [3.05, 3.63) is 51.7 Å². The Bertz CT molecular complexity index is 744. The molecule has 110 valence electrons. The van der Waals surface area contributed by atoms with Crippen molar-refractivity contribution in [1.82, 2.24) is 10.3 Å². The first-order valence-corrected chi connectivity index (χ1v) is 8.18. The van der Waals surface area contributed by atoms with Gasteiger partial charge in [0.15, 0.2) is 0 Å². The van der Waals surface area contributed by atoms with E-state index in [2.05, 4.69) is 47.7 Å². The van der Waals surface area contributed by atoms with E-state index in [1.165, 1.54) is 10.9 Å². The fourth-order valence-electron chi connectivity index (χ4n) is 2.55. The van der Waals surface area contributed by atoms with Gasteiger partial charge in [-0.25, -0.2) is 4.98 Å². The van der Waals surface area contributed by atoms with Crippen LogP contribution in [-0.4, -0.2) is 11.5 Å². The summed E-state index contributed by atoms with van der Waals surface area (Å²) < 4.78 is 6.03. The molecule has 0 radical (unpaired) electrons. The zero-order chi connectivity index (χ0) is 14.8. The second-order valence-corrected chi connectivity index (χ2v) is 6.33. The van der Waals surface area contributed by atoms with Crippen molar-refractivity contribution in [1.29, 1.82) is 0 Å². The molecule has 0 saturated heterocycles. The lowest BCUT2D eigenvalue weighted by Gasteiger charge is -2.13. The van der Waals surface area contributed by atoms with Crippen LogP contribution in [0.3, 0.4) is 0 Å². The number of fused-ring (bicyclic) bond motifs is 1. The van der Waals surface area contributed by atoms with Crippen LogP contribution < -0.4 is 5.32 Å². The monoisotopic (exact) mass is 300 g/mol. The maximum Gasteiger partial charge on any atom is 0.134 e. The van der Waals surface area contributed by atoms with Gasteiger partial charge in [0.2, 0.25) is 0 Å². The van der Waals surface area contributed by atoms with Crippen molar-refractivity contribution in [2.45, 2.75) is 33.2 Å². The fourth-order valence-corrected chi connectivity index (χ4v) is 3.36. The summed E-state index contributed by atoms with van der Waals surface area (Å²) in [5.74, 6) is 0.991. The van der Waals surface area contributed by atoms with Crippen LogP contribution in [0.2, 0.25) is 0 Å². The molecular weight excluding hydrogens is 280 g/mol. The first-order valence-electron chi connectivity index (χ1n) is 7.30. The Morgan fingerprint density at radius 2 is 2.14 bits per heavy atom. The van der Waals surface area contributed by atoms with Crippen molar-refractivity contribution < 1.29 is 4.42 Å². The smallest absolute Gasteiger partial charge is 0.134 e. The van der Waals surface area contributed by atoms with Crippen LogP contribution in [0.5, 0.6) is 0 Å². The highest BCUT2D eigenvalue weighted by atomic mass is 32.1. The molecule has 0 bridgehead atoms. The van der Waals surface area contributed by atoms with Crippen molar-refractivity contribution in [2.24, 2.45) is 0 Å². The van der Waals surface area contributed by atoms with Gasteiger partial charge in [0.05, 0.1) is 11.0 Å². The van der Waals surface area contributed by atoms with Crippen LogP contribution in [-0.2, 0) is 6.42 Å². The Morgan fingerprint density at radius 3 is 2.86 bits per heavy atom. The maximum absolute atomic E-state index is 6.03. The third kappa shape index (κ3) is 3.17. The Balaban J connectivity index is 1.90. The number of likely N-dealkylation sites (N-methyl/N-ethyl adjacent to an activating group) is 1. The number of benzene rings is 1. The molecule has 4 heteroatoms. The van der Waals surface area contributed by atoms with Crippen molar-refractivity contribution >= 4 is 22.3 Å². The standard InChI is InChI=1S/C17H20N2OS/c1-4-18-14(9-17-19-12(3)10-21-17)16-8-13-7-11(2)5-6-15(13)20-16/h5-8,10,14,18H,4,9H2,1-3H3. The summed E-state index contributed by atoms with van der Waals surface area (Å²) in [7, 11) is 0. The second kappa shape index (κ2) is 6.00. The molecule has 1 unspecified atom stereocenters. The van der Waals surface area contributed by atoms with E-state index in [-0.39, 0.29) is 6.04 Å². The van der Waals surface area contributed by atoms with Crippen molar-refractivity contribution in [3.63, 3.8) is 0 Å². The molecule has 2 aromatic heterocycles. The number of hydrogen-bond donors (Lipinski definition) is 1. The number of nitrogens with zero attached hydrogens (tertiary/aromatic N) is 1. The molecule has 3 rings (SSSR count). The van der Waals surface area contributed by atoms with Gasteiger partial charge in [-0.05, 0) is 38.6 Å².